The van der Waals surface area contributed by atoms with Crippen LogP contribution in [0.15, 0.2) is 0 Å². The molecule has 216 valence electrons. The van der Waals surface area contributed by atoms with Gasteiger partial charge in [-0.1, -0.05) is 27.2 Å². The minimum Gasteiger partial charge on any atom is -0.481 e. The van der Waals surface area contributed by atoms with Crippen LogP contribution >= 0.6 is 0 Å². The smallest absolute Gasteiger partial charge is 0.306 e. The fourth-order valence-electron chi connectivity index (χ4n) is 9.92. The molecule has 0 aliphatic heterocycles. The first kappa shape index (κ1) is 29.4. The number of fused-ring (bicyclic) bond motifs is 5. The second-order valence-electron chi connectivity index (χ2n) is 13.8. The van der Waals surface area contributed by atoms with Crippen molar-refractivity contribution in [3.63, 3.8) is 0 Å². The lowest BCUT2D eigenvalue weighted by atomic mass is 9.44. The van der Waals surface area contributed by atoms with Crippen molar-refractivity contribution in [2.45, 2.75) is 130 Å². The third kappa shape index (κ3) is 6.09. The molecule has 0 heterocycles. The number of rotatable bonds is 11. The minimum absolute atomic E-state index is 0.0523. The summed E-state index contributed by atoms with van der Waals surface area (Å²) in [7, 11) is 1.49. The van der Waals surface area contributed by atoms with Crippen LogP contribution < -0.4 is 0 Å². The van der Waals surface area contributed by atoms with Crippen LogP contribution in [-0.2, 0) is 23.9 Å². The topological polar surface area (TPSA) is 89.9 Å². The van der Waals surface area contributed by atoms with E-state index in [9.17, 15) is 14.4 Å². The number of carbonyl (C=O) groups is 3. The fourth-order valence-corrected chi connectivity index (χ4v) is 9.92. The zero-order chi connectivity index (χ0) is 27.5. The lowest BCUT2D eigenvalue weighted by Gasteiger charge is -2.61. The lowest BCUT2D eigenvalue weighted by molar-refractivity contribution is -0.162. The van der Waals surface area contributed by atoms with Gasteiger partial charge in [0.05, 0.1) is 7.11 Å². The van der Waals surface area contributed by atoms with Gasteiger partial charge in [0.1, 0.15) is 6.10 Å². The van der Waals surface area contributed by atoms with Crippen LogP contribution in [0.4, 0.5) is 0 Å². The molecule has 4 saturated carbocycles. The molecule has 0 saturated heterocycles. The zero-order valence-corrected chi connectivity index (χ0v) is 24.3. The molecule has 4 fully saturated rings. The third-order valence-electron chi connectivity index (χ3n) is 12.0. The average molecular weight is 533 g/mol. The molecule has 0 aromatic rings. The first-order chi connectivity index (χ1) is 18.1. The number of unbranched alkanes of at least 4 members (excludes halogenated alkanes) is 2. The Morgan fingerprint density at radius 1 is 0.842 bits per heavy atom. The van der Waals surface area contributed by atoms with Gasteiger partial charge in [-0.2, -0.15) is 0 Å². The standard InChI is InChI=1S/C32H52O6/c1-21(10-15-29(35)37-4)25-13-14-26-24-12-11-22-20-23(38-30(36)9-7-5-6-8-28(33)34)16-18-31(22,2)27(24)17-19-32(25,26)3/h21-27H,5-20H2,1-4H3,(H,33,34)/t21-,22-,23-,24+,25-,26+,27+,31+,32-/m1/s1. The van der Waals surface area contributed by atoms with E-state index in [2.05, 4.69) is 20.8 Å². The van der Waals surface area contributed by atoms with Gasteiger partial charge in [0, 0.05) is 19.3 Å². The molecule has 0 amide bonds. The quantitative estimate of drug-likeness (QED) is 0.224. The van der Waals surface area contributed by atoms with E-state index in [1.807, 2.05) is 0 Å². The van der Waals surface area contributed by atoms with E-state index in [0.29, 0.717) is 54.3 Å². The molecule has 38 heavy (non-hydrogen) atoms. The summed E-state index contributed by atoms with van der Waals surface area (Å²) in [5.41, 5.74) is 0.760. The molecule has 4 aliphatic rings. The number of carboxylic acid groups (broad SMARTS) is 1. The van der Waals surface area contributed by atoms with E-state index >= 15 is 0 Å². The first-order valence-corrected chi connectivity index (χ1v) is 15.6. The van der Waals surface area contributed by atoms with Gasteiger partial charge in [0.15, 0.2) is 0 Å². The molecular weight excluding hydrogens is 480 g/mol. The zero-order valence-electron chi connectivity index (χ0n) is 24.3. The Labute approximate surface area is 230 Å². The van der Waals surface area contributed by atoms with Gasteiger partial charge in [0.2, 0.25) is 0 Å². The van der Waals surface area contributed by atoms with E-state index < -0.39 is 5.97 Å². The molecule has 4 aliphatic carbocycles. The summed E-state index contributed by atoms with van der Waals surface area (Å²) in [6.45, 7) is 7.50. The molecule has 9 atom stereocenters. The number of carboxylic acids is 1. The number of esters is 2. The van der Waals surface area contributed by atoms with Gasteiger partial charge >= 0.3 is 17.9 Å². The van der Waals surface area contributed by atoms with Gasteiger partial charge in [0.25, 0.3) is 0 Å². The van der Waals surface area contributed by atoms with Crippen molar-refractivity contribution in [1.82, 2.24) is 0 Å². The van der Waals surface area contributed by atoms with E-state index in [4.69, 9.17) is 14.6 Å². The van der Waals surface area contributed by atoms with Crippen LogP contribution in [0.1, 0.15) is 124 Å². The lowest BCUT2D eigenvalue weighted by Crippen LogP contribution is -2.54. The summed E-state index contributed by atoms with van der Waals surface area (Å²) in [6.07, 6.45) is 15.2. The number of hydrogen-bond donors (Lipinski definition) is 1. The van der Waals surface area contributed by atoms with Crippen LogP contribution in [0.2, 0.25) is 0 Å². The predicted molar refractivity (Wildman–Crippen MR) is 146 cm³/mol. The number of methoxy groups -OCH3 is 1. The molecule has 0 bridgehead atoms. The molecule has 0 aromatic heterocycles. The first-order valence-electron chi connectivity index (χ1n) is 15.6. The SMILES string of the molecule is COC(=O)CC[C@@H](C)[C@H]1CC[C@H]2[C@@H]3CC[C@@H]4C[C@H](OC(=O)CCCCCC(=O)O)CC[C@]4(C)[C@H]3CC[C@]12C. The summed E-state index contributed by atoms with van der Waals surface area (Å²) in [4.78, 5) is 34.9. The Bertz CT molecular complexity index is 855. The van der Waals surface area contributed by atoms with E-state index in [0.717, 1.165) is 49.9 Å². The molecule has 1 N–H and O–H groups in total. The summed E-state index contributed by atoms with van der Waals surface area (Å²) >= 11 is 0. The Morgan fingerprint density at radius 3 is 2.29 bits per heavy atom. The van der Waals surface area contributed by atoms with Crippen molar-refractivity contribution >= 4 is 17.9 Å². The fraction of sp³-hybridized carbons (Fsp3) is 0.906. The molecule has 0 radical (unpaired) electrons. The normalized spacial score (nSPS) is 38.8. The van der Waals surface area contributed by atoms with Crippen LogP contribution in [0.3, 0.4) is 0 Å². The molecule has 0 unspecified atom stereocenters. The number of aliphatic carboxylic acids is 1. The van der Waals surface area contributed by atoms with Gasteiger partial charge in [-0.25, -0.2) is 0 Å². The Balaban J connectivity index is 1.30. The van der Waals surface area contributed by atoms with E-state index in [-0.39, 0.29) is 24.5 Å². The van der Waals surface area contributed by atoms with Gasteiger partial charge in [-0.15, -0.1) is 0 Å². The van der Waals surface area contributed by atoms with E-state index in [1.54, 1.807) is 0 Å². The van der Waals surface area contributed by atoms with Gasteiger partial charge < -0.3 is 14.6 Å². The van der Waals surface area contributed by atoms with Crippen molar-refractivity contribution in [1.29, 1.82) is 0 Å². The second-order valence-corrected chi connectivity index (χ2v) is 13.8. The maximum absolute atomic E-state index is 12.5. The second kappa shape index (κ2) is 12.3. The Kier molecular flexibility index (Phi) is 9.51. The largest absolute Gasteiger partial charge is 0.481 e. The van der Waals surface area contributed by atoms with Crippen molar-refractivity contribution in [3.05, 3.63) is 0 Å². The highest BCUT2D eigenvalue weighted by Crippen LogP contribution is 2.68. The van der Waals surface area contributed by atoms with Crippen molar-refractivity contribution < 1.29 is 29.0 Å². The summed E-state index contributed by atoms with van der Waals surface area (Å²) in [6, 6.07) is 0. The third-order valence-corrected chi connectivity index (χ3v) is 12.0. The van der Waals surface area contributed by atoms with Crippen LogP contribution in [0.5, 0.6) is 0 Å². The highest BCUT2D eigenvalue weighted by molar-refractivity contribution is 5.69. The molecule has 4 rings (SSSR count). The number of hydrogen-bond acceptors (Lipinski definition) is 5. The van der Waals surface area contributed by atoms with Crippen LogP contribution in [-0.4, -0.2) is 36.2 Å². The maximum Gasteiger partial charge on any atom is 0.306 e. The van der Waals surface area contributed by atoms with Crippen molar-refractivity contribution in [2.24, 2.45) is 46.3 Å². The summed E-state index contributed by atoms with van der Waals surface area (Å²) in [5, 5.41) is 8.76. The number of ether oxygens (including phenoxy) is 2. The van der Waals surface area contributed by atoms with Crippen molar-refractivity contribution in [2.75, 3.05) is 7.11 Å². The van der Waals surface area contributed by atoms with Gasteiger partial charge in [-0.05, 0) is 123 Å². The minimum atomic E-state index is -0.770. The molecule has 6 nitrogen and oxygen atoms in total. The van der Waals surface area contributed by atoms with Crippen molar-refractivity contribution in [3.8, 4) is 0 Å². The molecule has 6 heteroatoms. The Morgan fingerprint density at radius 2 is 1.55 bits per heavy atom. The van der Waals surface area contributed by atoms with Crippen LogP contribution in [0.25, 0.3) is 0 Å². The molecule has 0 spiro atoms. The predicted octanol–water partition coefficient (Wildman–Crippen LogP) is 7.18. The highest BCUT2D eigenvalue weighted by Gasteiger charge is 2.60. The molecule has 0 aromatic carbocycles. The van der Waals surface area contributed by atoms with Crippen LogP contribution in [0, 0.1) is 46.3 Å². The summed E-state index contributed by atoms with van der Waals surface area (Å²) < 4.78 is 10.8. The average Bonchev–Trinajstić information content (AvgIpc) is 3.24. The van der Waals surface area contributed by atoms with Gasteiger partial charge in [-0.3, -0.25) is 14.4 Å². The number of carbonyl (C=O) groups excluding carboxylic acids is 2. The molecular formula is C32H52O6. The maximum atomic E-state index is 12.5. The Hall–Kier alpha value is -1.59. The monoisotopic (exact) mass is 532 g/mol. The highest BCUT2D eigenvalue weighted by atomic mass is 16.5. The van der Waals surface area contributed by atoms with E-state index in [1.165, 1.54) is 45.6 Å². The summed E-state index contributed by atoms with van der Waals surface area (Å²) in [5.74, 6) is 3.38.